The summed E-state index contributed by atoms with van der Waals surface area (Å²) >= 11 is 3.28. The zero-order chi connectivity index (χ0) is 15.1. The van der Waals surface area contributed by atoms with Gasteiger partial charge in [-0.15, -0.1) is 0 Å². The van der Waals surface area contributed by atoms with Crippen LogP contribution in [0.3, 0.4) is 0 Å². The Bertz CT molecular complexity index is 490. The van der Waals surface area contributed by atoms with Gasteiger partial charge in [-0.3, -0.25) is 9.59 Å². The van der Waals surface area contributed by atoms with Gasteiger partial charge in [0, 0.05) is 17.8 Å². The molecule has 4 nitrogen and oxygen atoms in total. The van der Waals surface area contributed by atoms with Crippen molar-refractivity contribution in [3.8, 4) is 5.75 Å². The fraction of sp³-hybridized carbons (Fsp3) is 0.429. The quantitative estimate of drug-likeness (QED) is 0.561. The molecule has 0 fully saturated rings. The van der Waals surface area contributed by atoms with E-state index >= 15 is 0 Å². The summed E-state index contributed by atoms with van der Waals surface area (Å²) in [6, 6.07) is 4.91. The van der Waals surface area contributed by atoms with Gasteiger partial charge in [0.25, 0.3) is 0 Å². The first kappa shape index (κ1) is 16.6. The van der Waals surface area contributed by atoms with Crippen LogP contribution in [-0.2, 0) is 9.53 Å². The third kappa shape index (κ3) is 4.92. The lowest BCUT2D eigenvalue weighted by atomic mass is 10.1. The molecule has 0 heterocycles. The summed E-state index contributed by atoms with van der Waals surface area (Å²) in [5.74, 6) is -0.325. The van der Waals surface area contributed by atoms with E-state index in [0.29, 0.717) is 12.0 Å². The highest BCUT2D eigenvalue weighted by atomic mass is 79.9. The maximum atomic E-state index is 12.9. The Morgan fingerprint density at radius 2 is 2.10 bits per heavy atom. The van der Waals surface area contributed by atoms with Crippen molar-refractivity contribution < 1.29 is 23.5 Å². The minimum absolute atomic E-state index is 0.105. The Balaban J connectivity index is 2.89. The van der Waals surface area contributed by atoms with Crippen molar-refractivity contribution in [1.29, 1.82) is 0 Å². The molecule has 1 aromatic carbocycles. The van der Waals surface area contributed by atoms with Crippen LogP contribution in [-0.4, -0.2) is 31.1 Å². The Kier molecular flexibility index (Phi) is 6.64. The number of hydrogen-bond acceptors (Lipinski definition) is 4. The van der Waals surface area contributed by atoms with Crippen LogP contribution in [0.2, 0.25) is 0 Å². The van der Waals surface area contributed by atoms with Crippen molar-refractivity contribution in [3.63, 3.8) is 0 Å². The van der Waals surface area contributed by atoms with Gasteiger partial charge in [-0.1, -0.05) is 22.9 Å². The van der Waals surface area contributed by atoms with Gasteiger partial charge in [0.05, 0.1) is 5.56 Å². The van der Waals surface area contributed by atoms with Crippen LogP contribution in [0.4, 0.5) is 4.39 Å². The predicted molar refractivity (Wildman–Crippen MR) is 75.8 cm³/mol. The van der Waals surface area contributed by atoms with Crippen LogP contribution in [0, 0.1) is 0 Å². The lowest BCUT2D eigenvalue weighted by Gasteiger charge is -2.18. The van der Waals surface area contributed by atoms with E-state index in [0.717, 1.165) is 4.47 Å². The Morgan fingerprint density at radius 3 is 2.65 bits per heavy atom. The largest absolute Gasteiger partial charge is 0.483 e. The highest BCUT2D eigenvalue weighted by Gasteiger charge is 2.17. The molecule has 1 atom stereocenters. The molecule has 0 radical (unpaired) electrons. The first-order chi connectivity index (χ1) is 9.47. The zero-order valence-corrected chi connectivity index (χ0v) is 12.9. The Hall–Kier alpha value is -1.43. The number of benzene rings is 1. The molecule has 0 spiro atoms. The third-order valence-corrected chi connectivity index (χ3v) is 2.99. The summed E-state index contributed by atoms with van der Waals surface area (Å²) in [5.41, 5.74) is 0.378. The minimum atomic E-state index is -0.927. The number of ether oxygens (including phenoxy) is 2. The maximum Gasteiger partial charge on any atom is 0.302 e. The number of carbonyl (C=O) groups is 2. The molecule has 0 bridgehead atoms. The standard InChI is InChI=1S/C14H16BrFO4/c1-3-13(18)12-6-10(15)4-5-14(12)20-11(7-16)8-19-9(2)17/h4-6,11H,3,7-8H2,1-2H3/t11-/m0/s1. The summed E-state index contributed by atoms with van der Waals surface area (Å²) in [5, 5.41) is 0. The number of carbonyl (C=O) groups excluding carboxylic acids is 2. The summed E-state index contributed by atoms with van der Waals surface area (Å²) in [7, 11) is 0. The van der Waals surface area contributed by atoms with E-state index in [-0.39, 0.29) is 18.1 Å². The SMILES string of the molecule is CCC(=O)c1cc(Br)ccc1O[C@@H](CF)COC(C)=O. The molecule has 0 saturated carbocycles. The molecule has 6 heteroatoms. The Morgan fingerprint density at radius 1 is 1.40 bits per heavy atom. The first-order valence-corrected chi connectivity index (χ1v) is 6.96. The monoisotopic (exact) mass is 346 g/mol. The highest BCUT2D eigenvalue weighted by Crippen LogP contribution is 2.25. The topological polar surface area (TPSA) is 52.6 Å². The number of hydrogen-bond donors (Lipinski definition) is 0. The summed E-state index contributed by atoms with van der Waals surface area (Å²) < 4.78 is 23.8. The second-order valence-electron chi connectivity index (χ2n) is 4.11. The van der Waals surface area contributed by atoms with Gasteiger partial charge in [0.15, 0.2) is 11.9 Å². The van der Waals surface area contributed by atoms with E-state index in [2.05, 4.69) is 15.9 Å². The average molecular weight is 347 g/mol. The van der Waals surface area contributed by atoms with Crippen LogP contribution >= 0.6 is 15.9 Å². The number of esters is 1. The van der Waals surface area contributed by atoms with E-state index in [1.165, 1.54) is 6.92 Å². The van der Waals surface area contributed by atoms with Crippen molar-refractivity contribution in [2.45, 2.75) is 26.4 Å². The molecule has 1 aromatic rings. The lowest BCUT2D eigenvalue weighted by molar-refractivity contribution is -0.143. The van der Waals surface area contributed by atoms with E-state index in [9.17, 15) is 14.0 Å². The molecule has 1 rings (SSSR count). The molecule has 0 aromatic heterocycles. The van der Waals surface area contributed by atoms with Crippen molar-refractivity contribution in [1.82, 2.24) is 0 Å². The number of rotatable bonds is 7. The van der Waals surface area contributed by atoms with Gasteiger partial charge in [0.2, 0.25) is 0 Å². The average Bonchev–Trinajstić information content (AvgIpc) is 2.43. The lowest BCUT2D eigenvalue weighted by Crippen LogP contribution is -2.27. The molecular formula is C14H16BrFO4. The van der Waals surface area contributed by atoms with E-state index in [4.69, 9.17) is 9.47 Å². The van der Waals surface area contributed by atoms with Gasteiger partial charge in [-0.05, 0) is 18.2 Å². The normalized spacial score (nSPS) is 11.8. The van der Waals surface area contributed by atoms with E-state index in [1.807, 2.05) is 0 Å². The van der Waals surface area contributed by atoms with Gasteiger partial charge < -0.3 is 9.47 Å². The van der Waals surface area contributed by atoms with E-state index < -0.39 is 18.7 Å². The summed E-state index contributed by atoms with van der Waals surface area (Å²) in [4.78, 5) is 22.6. The number of alkyl halides is 1. The molecule has 0 unspecified atom stereocenters. The second-order valence-corrected chi connectivity index (χ2v) is 5.03. The fourth-order valence-corrected chi connectivity index (χ4v) is 1.87. The van der Waals surface area contributed by atoms with Crippen LogP contribution in [0.5, 0.6) is 5.75 Å². The molecule has 20 heavy (non-hydrogen) atoms. The van der Waals surface area contributed by atoms with Crippen LogP contribution in [0.25, 0.3) is 0 Å². The second kappa shape index (κ2) is 7.99. The number of ketones is 1. The number of halogens is 2. The minimum Gasteiger partial charge on any atom is -0.483 e. The molecular weight excluding hydrogens is 331 g/mol. The van der Waals surface area contributed by atoms with E-state index in [1.54, 1.807) is 25.1 Å². The van der Waals surface area contributed by atoms with Crippen molar-refractivity contribution in [3.05, 3.63) is 28.2 Å². The molecule has 0 amide bonds. The first-order valence-electron chi connectivity index (χ1n) is 6.16. The highest BCUT2D eigenvalue weighted by molar-refractivity contribution is 9.10. The predicted octanol–water partition coefficient (Wildman–Crippen LogP) is 3.32. The fourth-order valence-electron chi connectivity index (χ4n) is 1.51. The van der Waals surface area contributed by atoms with Gasteiger partial charge in [-0.25, -0.2) is 4.39 Å². The van der Waals surface area contributed by atoms with Crippen LogP contribution < -0.4 is 4.74 Å². The molecule has 0 aliphatic heterocycles. The van der Waals surface area contributed by atoms with Crippen molar-refractivity contribution in [2.75, 3.05) is 13.3 Å². The third-order valence-electron chi connectivity index (χ3n) is 2.50. The summed E-state index contributed by atoms with van der Waals surface area (Å²) in [6.07, 6.45) is -0.611. The van der Waals surface area contributed by atoms with Crippen molar-refractivity contribution >= 4 is 27.7 Å². The number of Topliss-reactive ketones (excluding diaryl/α,β-unsaturated/α-hetero) is 1. The zero-order valence-electron chi connectivity index (χ0n) is 11.3. The molecule has 0 aliphatic carbocycles. The smallest absolute Gasteiger partial charge is 0.302 e. The van der Waals surface area contributed by atoms with Crippen LogP contribution in [0.1, 0.15) is 30.6 Å². The summed E-state index contributed by atoms with van der Waals surface area (Å²) in [6.45, 7) is 1.96. The Labute approximate surface area is 125 Å². The molecule has 0 N–H and O–H groups in total. The van der Waals surface area contributed by atoms with Crippen molar-refractivity contribution in [2.24, 2.45) is 0 Å². The van der Waals surface area contributed by atoms with Crippen LogP contribution in [0.15, 0.2) is 22.7 Å². The maximum absolute atomic E-state index is 12.9. The molecule has 0 saturated heterocycles. The molecule has 0 aliphatic rings. The van der Waals surface area contributed by atoms with Gasteiger partial charge >= 0.3 is 5.97 Å². The van der Waals surface area contributed by atoms with Gasteiger partial charge in [0.1, 0.15) is 19.0 Å². The van der Waals surface area contributed by atoms with Gasteiger partial charge in [-0.2, -0.15) is 0 Å². The molecule has 110 valence electrons.